The van der Waals surface area contributed by atoms with Gasteiger partial charge in [-0.2, -0.15) is 0 Å². The van der Waals surface area contributed by atoms with E-state index < -0.39 is 47.1 Å². The smallest absolute Gasteiger partial charge is 0.311 e. The number of carbonyl (C=O) groups excluding carboxylic acids is 1. The van der Waals surface area contributed by atoms with Crippen LogP contribution in [-0.2, 0) is 4.79 Å². The Morgan fingerprint density at radius 1 is 1.08 bits per heavy atom. The topological polar surface area (TPSA) is 70.2 Å². The number of aromatic nitrogens is 1. The molecule has 4 nitrogen and oxygen atoms in total. The third kappa shape index (κ3) is 3.13. The first-order valence-electron chi connectivity index (χ1n) is 7.35. The normalized spacial score (nSPS) is 12.3. The summed E-state index contributed by atoms with van der Waals surface area (Å²) in [6, 6.07) is 7.65. The summed E-state index contributed by atoms with van der Waals surface area (Å²) in [6.07, 6.45) is 0.796. The first kappa shape index (κ1) is 16.8. The average molecular weight is 347 g/mol. The van der Waals surface area contributed by atoms with E-state index >= 15 is 0 Å². The SMILES string of the molecule is O=C(CC(C(=O)O)c1c[nH]c2ccccc12)c1c(F)cc(F)cc1F. The lowest BCUT2D eigenvalue weighted by molar-refractivity contribution is -0.138. The number of nitrogens with one attached hydrogen (secondary N) is 1. The highest BCUT2D eigenvalue weighted by Crippen LogP contribution is 2.30. The maximum atomic E-state index is 13.8. The molecular weight excluding hydrogens is 335 g/mol. The van der Waals surface area contributed by atoms with Crippen molar-refractivity contribution in [2.45, 2.75) is 12.3 Å². The Morgan fingerprint density at radius 2 is 1.72 bits per heavy atom. The van der Waals surface area contributed by atoms with E-state index in [1.54, 1.807) is 24.3 Å². The van der Waals surface area contributed by atoms with Crippen LogP contribution in [-0.4, -0.2) is 21.8 Å². The number of hydrogen-bond acceptors (Lipinski definition) is 2. The third-order valence-corrected chi connectivity index (χ3v) is 3.97. The summed E-state index contributed by atoms with van der Waals surface area (Å²) < 4.78 is 40.5. The minimum atomic E-state index is -1.36. The number of rotatable bonds is 5. The summed E-state index contributed by atoms with van der Waals surface area (Å²) in [5.74, 6) is -7.52. The summed E-state index contributed by atoms with van der Waals surface area (Å²) >= 11 is 0. The van der Waals surface area contributed by atoms with Gasteiger partial charge >= 0.3 is 5.97 Å². The van der Waals surface area contributed by atoms with Gasteiger partial charge in [0.25, 0.3) is 0 Å². The van der Waals surface area contributed by atoms with Gasteiger partial charge in [0.2, 0.25) is 0 Å². The zero-order valence-electron chi connectivity index (χ0n) is 12.7. The van der Waals surface area contributed by atoms with Crippen LogP contribution < -0.4 is 0 Å². The van der Waals surface area contributed by atoms with E-state index in [0.29, 0.717) is 28.6 Å². The average Bonchev–Trinajstić information content (AvgIpc) is 2.95. The fourth-order valence-corrected chi connectivity index (χ4v) is 2.81. The lowest BCUT2D eigenvalue weighted by Gasteiger charge is -2.12. The standard InChI is InChI=1S/C18H12F3NO3/c19-9-5-13(20)17(14(21)6-9)16(23)7-11(18(24)25)12-8-22-15-4-2-1-3-10(12)15/h1-6,8,11,22H,7H2,(H,24,25). The van der Waals surface area contributed by atoms with Crippen molar-refractivity contribution < 1.29 is 27.9 Å². The molecule has 0 aliphatic heterocycles. The monoisotopic (exact) mass is 347 g/mol. The van der Waals surface area contributed by atoms with Crippen LogP contribution in [0, 0.1) is 17.5 Å². The molecule has 0 aliphatic carbocycles. The largest absolute Gasteiger partial charge is 0.481 e. The number of H-pyrrole nitrogens is 1. The molecule has 0 amide bonds. The molecule has 0 radical (unpaired) electrons. The van der Waals surface area contributed by atoms with Crippen LogP contribution >= 0.6 is 0 Å². The maximum absolute atomic E-state index is 13.8. The molecule has 0 saturated heterocycles. The van der Waals surface area contributed by atoms with E-state index in [0.717, 1.165) is 0 Å². The number of halogens is 3. The number of aromatic amines is 1. The molecule has 25 heavy (non-hydrogen) atoms. The van der Waals surface area contributed by atoms with Gasteiger partial charge in [0.1, 0.15) is 17.5 Å². The predicted octanol–water partition coefficient (Wildman–Crippen LogP) is 4.03. The Kier molecular flexibility index (Phi) is 4.31. The molecule has 1 unspecified atom stereocenters. The van der Waals surface area contributed by atoms with E-state index in [1.165, 1.54) is 6.20 Å². The molecule has 1 heterocycles. The van der Waals surface area contributed by atoms with Crippen LogP contribution in [0.3, 0.4) is 0 Å². The van der Waals surface area contributed by atoms with Gasteiger partial charge in [-0.3, -0.25) is 9.59 Å². The molecule has 0 spiro atoms. The van der Waals surface area contributed by atoms with Gasteiger partial charge in [-0.05, 0) is 11.6 Å². The highest BCUT2D eigenvalue weighted by molar-refractivity contribution is 6.00. The van der Waals surface area contributed by atoms with Crippen molar-refractivity contribution in [3.8, 4) is 0 Å². The van der Waals surface area contributed by atoms with Crippen molar-refractivity contribution in [3.63, 3.8) is 0 Å². The first-order chi connectivity index (χ1) is 11.9. The Labute approximate surface area is 139 Å². The number of carboxylic acid groups (broad SMARTS) is 1. The van der Waals surface area contributed by atoms with Gasteiger partial charge in [-0.25, -0.2) is 13.2 Å². The number of carbonyl (C=O) groups is 2. The highest BCUT2D eigenvalue weighted by Gasteiger charge is 2.29. The van der Waals surface area contributed by atoms with Crippen LogP contribution in [0.15, 0.2) is 42.6 Å². The molecule has 2 N–H and O–H groups in total. The van der Waals surface area contributed by atoms with Crippen LogP contribution in [0.2, 0.25) is 0 Å². The summed E-state index contributed by atoms with van der Waals surface area (Å²) in [7, 11) is 0. The number of benzene rings is 2. The molecule has 1 aromatic heterocycles. The van der Waals surface area contributed by atoms with Crippen LogP contribution in [0.4, 0.5) is 13.2 Å². The molecule has 0 saturated carbocycles. The Bertz CT molecular complexity index is 958. The van der Waals surface area contributed by atoms with Crippen molar-refractivity contribution in [1.29, 1.82) is 0 Å². The van der Waals surface area contributed by atoms with Gasteiger partial charge in [0.05, 0.1) is 11.5 Å². The molecule has 128 valence electrons. The summed E-state index contributed by atoms with van der Waals surface area (Å²) in [4.78, 5) is 26.8. The van der Waals surface area contributed by atoms with Crippen LogP contribution in [0.1, 0.15) is 28.3 Å². The molecule has 3 aromatic rings. The van der Waals surface area contributed by atoms with Crippen molar-refractivity contribution in [1.82, 2.24) is 4.98 Å². The molecule has 7 heteroatoms. The molecular formula is C18H12F3NO3. The van der Waals surface area contributed by atoms with Crippen molar-refractivity contribution in [2.24, 2.45) is 0 Å². The summed E-state index contributed by atoms with van der Waals surface area (Å²) in [5, 5.41) is 10.1. The molecule has 0 fully saturated rings. The van der Waals surface area contributed by atoms with Crippen molar-refractivity contribution in [2.75, 3.05) is 0 Å². The zero-order valence-corrected chi connectivity index (χ0v) is 12.7. The second kappa shape index (κ2) is 6.43. The van der Waals surface area contributed by atoms with Gasteiger partial charge in [0.15, 0.2) is 5.78 Å². The fourth-order valence-electron chi connectivity index (χ4n) is 2.81. The third-order valence-electron chi connectivity index (χ3n) is 3.97. The van der Waals surface area contributed by atoms with Gasteiger partial charge < -0.3 is 10.1 Å². The predicted molar refractivity (Wildman–Crippen MR) is 83.9 cm³/mol. The number of ketones is 1. The van der Waals surface area contributed by atoms with E-state index in [2.05, 4.69) is 4.98 Å². The van der Waals surface area contributed by atoms with E-state index in [4.69, 9.17) is 0 Å². The highest BCUT2D eigenvalue weighted by atomic mass is 19.1. The zero-order chi connectivity index (χ0) is 18.1. The first-order valence-corrected chi connectivity index (χ1v) is 7.35. The van der Waals surface area contributed by atoms with Gasteiger partial charge in [0, 0.05) is 35.7 Å². The quantitative estimate of drug-likeness (QED) is 0.685. The van der Waals surface area contributed by atoms with Crippen LogP contribution in [0.25, 0.3) is 10.9 Å². The van der Waals surface area contributed by atoms with E-state index in [1.807, 2.05) is 0 Å². The van der Waals surface area contributed by atoms with Gasteiger partial charge in [-0.15, -0.1) is 0 Å². The number of carboxylic acids is 1. The minimum Gasteiger partial charge on any atom is -0.481 e. The molecule has 1 atom stereocenters. The van der Waals surface area contributed by atoms with E-state index in [9.17, 15) is 27.9 Å². The number of hydrogen-bond donors (Lipinski definition) is 2. The number of aliphatic carboxylic acids is 1. The molecule has 0 aliphatic rings. The summed E-state index contributed by atoms with van der Waals surface area (Å²) in [6.45, 7) is 0. The maximum Gasteiger partial charge on any atom is 0.311 e. The number of Topliss-reactive ketones (excluding diaryl/α,β-unsaturated/α-hetero) is 1. The second-order valence-electron chi connectivity index (χ2n) is 5.55. The van der Waals surface area contributed by atoms with Crippen molar-refractivity contribution in [3.05, 3.63) is 71.2 Å². The Balaban J connectivity index is 1.98. The van der Waals surface area contributed by atoms with Gasteiger partial charge in [-0.1, -0.05) is 18.2 Å². The van der Waals surface area contributed by atoms with Crippen molar-refractivity contribution >= 4 is 22.7 Å². The Hall–Kier alpha value is -3.09. The molecule has 3 rings (SSSR count). The summed E-state index contributed by atoms with van der Waals surface area (Å²) in [5.41, 5.74) is 0.0715. The Morgan fingerprint density at radius 3 is 2.36 bits per heavy atom. The second-order valence-corrected chi connectivity index (χ2v) is 5.55. The van der Waals surface area contributed by atoms with Crippen LogP contribution in [0.5, 0.6) is 0 Å². The van der Waals surface area contributed by atoms with E-state index in [-0.39, 0.29) is 0 Å². The lowest BCUT2D eigenvalue weighted by Crippen LogP contribution is -2.18. The molecule has 2 aromatic carbocycles. The number of fused-ring (bicyclic) bond motifs is 1. The fraction of sp³-hybridized carbons (Fsp3) is 0.111. The number of para-hydroxylation sites is 1. The minimum absolute atomic E-state index is 0.333. The molecule has 0 bridgehead atoms. The lowest BCUT2D eigenvalue weighted by atomic mass is 9.91.